The monoisotopic (exact) mass is 663 g/mol. The van der Waals surface area contributed by atoms with Gasteiger partial charge in [0, 0.05) is 31.0 Å². The van der Waals surface area contributed by atoms with Crippen LogP contribution in [0.25, 0.3) is 0 Å². The van der Waals surface area contributed by atoms with E-state index in [1.165, 1.54) is 0 Å². The van der Waals surface area contributed by atoms with E-state index in [1.54, 1.807) is 6.92 Å². The first-order valence-electron chi connectivity index (χ1n) is 17.5. The average Bonchev–Trinajstić information content (AvgIpc) is 2.91. The number of hydrogen-bond acceptors (Lipinski definition) is 9. The normalized spacial score (nSPS) is 27.7. The SMILES string of the molecule is CC[C@@H](O)[C@H](C)[C@@H](OC1C[C@@H](N(C)C)C[C@@H](C)O1)[C@](C)(O)C[C@@H](C)CN(C)[C@H](C)[C@@H](O[Si](C)(C)C(C)(C)C)[C@](C)(O)[C@H](O)CC. The topological polar surface area (TPSA) is 115 Å². The van der Waals surface area contributed by atoms with Gasteiger partial charge >= 0.3 is 0 Å². The first-order chi connectivity index (χ1) is 20.3. The van der Waals surface area contributed by atoms with Crippen LogP contribution in [0.4, 0.5) is 0 Å². The molecule has 1 aliphatic heterocycles. The lowest BCUT2D eigenvalue weighted by molar-refractivity contribution is -0.266. The van der Waals surface area contributed by atoms with Gasteiger partial charge in [0.1, 0.15) is 5.60 Å². The molecule has 45 heavy (non-hydrogen) atoms. The molecule has 0 bridgehead atoms. The predicted octanol–water partition coefficient (Wildman–Crippen LogP) is 5.24. The van der Waals surface area contributed by atoms with Gasteiger partial charge in [-0.3, -0.25) is 0 Å². The van der Waals surface area contributed by atoms with Crippen molar-refractivity contribution in [3.05, 3.63) is 0 Å². The van der Waals surface area contributed by atoms with E-state index in [0.717, 1.165) is 6.42 Å². The second-order valence-corrected chi connectivity index (χ2v) is 21.4. The van der Waals surface area contributed by atoms with Crippen molar-refractivity contribution in [3.63, 3.8) is 0 Å². The molecule has 1 aliphatic rings. The van der Waals surface area contributed by atoms with Crippen molar-refractivity contribution in [2.45, 2.75) is 186 Å². The Morgan fingerprint density at radius 3 is 1.93 bits per heavy atom. The second-order valence-electron chi connectivity index (χ2n) is 16.7. The Balaban J connectivity index is 3.23. The molecule has 1 rings (SSSR count). The minimum absolute atomic E-state index is 0.0344. The van der Waals surface area contributed by atoms with Gasteiger partial charge < -0.3 is 44.1 Å². The molecule has 12 atom stereocenters. The van der Waals surface area contributed by atoms with Crippen LogP contribution in [0.15, 0.2) is 0 Å². The quantitative estimate of drug-likeness (QED) is 0.146. The molecule has 0 aromatic carbocycles. The molecule has 4 N–H and O–H groups in total. The molecule has 9 nitrogen and oxygen atoms in total. The summed E-state index contributed by atoms with van der Waals surface area (Å²) in [4.78, 5) is 4.37. The lowest BCUT2D eigenvalue weighted by Crippen LogP contribution is -2.62. The number of hydrogen-bond donors (Lipinski definition) is 4. The molecule has 0 spiro atoms. The average molecular weight is 663 g/mol. The lowest BCUT2D eigenvalue weighted by Gasteiger charge is -2.49. The molecule has 1 heterocycles. The van der Waals surface area contributed by atoms with Gasteiger partial charge in [-0.25, -0.2) is 0 Å². The summed E-state index contributed by atoms with van der Waals surface area (Å²) in [5, 5.41) is 45.4. The first kappa shape index (κ1) is 42.9. The maximum atomic E-state index is 12.1. The van der Waals surface area contributed by atoms with Crippen LogP contribution in [0, 0.1) is 11.8 Å². The van der Waals surface area contributed by atoms with E-state index in [1.807, 2.05) is 41.7 Å². The predicted molar refractivity (Wildman–Crippen MR) is 187 cm³/mol. The smallest absolute Gasteiger partial charge is 0.192 e. The van der Waals surface area contributed by atoms with Crippen LogP contribution in [-0.4, -0.2) is 126 Å². The Kier molecular flexibility index (Phi) is 16.2. The fraction of sp³-hybridized carbons (Fsp3) is 1.00. The summed E-state index contributed by atoms with van der Waals surface area (Å²) in [7, 11) is 3.86. The number of aliphatic hydroxyl groups excluding tert-OH is 2. The number of nitrogens with zero attached hydrogens (tertiary/aromatic N) is 2. The fourth-order valence-corrected chi connectivity index (χ4v) is 8.16. The van der Waals surface area contributed by atoms with E-state index in [0.29, 0.717) is 38.3 Å². The van der Waals surface area contributed by atoms with E-state index < -0.39 is 50.2 Å². The summed E-state index contributed by atoms with van der Waals surface area (Å²) in [6.07, 6.45) is -0.184. The van der Waals surface area contributed by atoms with Crippen LogP contribution in [0.1, 0.15) is 108 Å². The third kappa shape index (κ3) is 11.8. The van der Waals surface area contributed by atoms with E-state index in [-0.39, 0.29) is 29.0 Å². The molecule has 1 fully saturated rings. The number of ether oxygens (including phenoxy) is 2. The first-order valence-corrected chi connectivity index (χ1v) is 20.4. The van der Waals surface area contributed by atoms with Crippen molar-refractivity contribution in [3.8, 4) is 0 Å². The Labute approximate surface area is 278 Å². The molecule has 0 aromatic rings. The zero-order valence-corrected chi connectivity index (χ0v) is 32.9. The highest BCUT2D eigenvalue weighted by atomic mass is 28.4. The summed E-state index contributed by atoms with van der Waals surface area (Å²) >= 11 is 0. The van der Waals surface area contributed by atoms with Crippen LogP contribution in [-0.2, 0) is 13.9 Å². The summed E-state index contributed by atoms with van der Waals surface area (Å²) < 4.78 is 19.7. The van der Waals surface area contributed by atoms with Gasteiger partial charge in [0.2, 0.25) is 0 Å². The molecule has 10 heteroatoms. The van der Waals surface area contributed by atoms with Crippen LogP contribution in [0.5, 0.6) is 0 Å². The molecule has 0 radical (unpaired) electrons. The van der Waals surface area contributed by atoms with Crippen molar-refractivity contribution in [2.75, 3.05) is 27.7 Å². The fourth-order valence-electron chi connectivity index (χ4n) is 6.73. The molecule has 0 aromatic heterocycles. The number of rotatable bonds is 18. The zero-order valence-electron chi connectivity index (χ0n) is 31.9. The maximum Gasteiger partial charge on any atom is 0.192 e. The summed E-state index contributed by atoms with van der Waals surface area (Å²) in [5.41, 5.74) is -2.68. The van der Waals surface area contributed by atoms with Gasteiger partial charge in [0.25, 0.3) is 0 Å². The van der Waals surface area contributed by atoms with E-state index in [9.17, 15) is 20.4 Å². The van der Waals surface area contributed by atoms with E-state index in [4.69, 9.17) is 13.9 Å². The van der Waals surface area contributed by atoms with Crippen molar-refractivity contribution in [1.82, 2.24) is 9.80 Å². The third-order valence-electron chi connectivity index (χ3n) is 11.0. The maximum absolute atomic E-state index is 12.1. The molecular formula is C35H74N2O7Si. The van der Waals surface area contributed by atoms with Crippen LogP contribution in [0.2, 0.25) is 18.1 Å². The molecule has 1 unspecified atom stereocenters. The van der Waals surface area contributed by atoms with Gasteiger partial charge in [-0.15, -0.1) is 0 Å². The molecular weight excluding hydrogens is 588 g/mol. The van der Waals surface area contributed by atoms with E-state index in [2.05, 4.69) is 71.6 Å². The highest BCUT2D eigenvalue weighted by Crippen LogP contribution is 2.40. The molecule has 1 saturated heterocycles. The van der Waals surface area contributed by atoms with Crippen LogP contribution < -0.4 is 0 Å². The molecule has 0 saturated carbocycles. The highest BCUT2D eigenvalue weighted by molar-refractivity contribution is 6.74. The number of aliphatic hydroxyl groups is 4. The zero-order chi connectivity index (χ0) is 35.3. The minimum Gasteiger partial charge on any atom is -0.409 e. The standard InChI is InChI=1S/C35H74N2O7Si/c1-17-28(38)25(5)31(43-30-20-27(36(12)13)19-24(4)42-30)34(10,40)21-23(3)22-37(14)26(6)32(35(11,41)29(39)18-2)44-45(15,16)33(7,8)9/h23-32,38-41H,17-22H2,1-16H3/t23-,24-,25+,26-,27+,28-,29-,30?,31-,32-,34-,35-/m1/s1. The minimum atomic E-state index is -2.30. The van der Waals surface area contributed by atoms with E-state index >= 15 is 0 Å². The molecule has 0 amide bonds. The van der Waals surface area contributed by atoms with Crippen molar-refractivity contribution >= 4 is 8.32 Å². The molecule has 0 aliphatic carbocycles. The van der Waals surface area contributed by atoms with Gasteiger partial charge in [0.05, 0.1) is 36.1 Å². The Morgan fingerprint density at radius 1 is 0.911 bits per heavy atom. The summed E-state index contributed by atoms with van der Waals surface area (Å²) in [5.74, 6) is -0.264. The lowest BCUT2D eigenvalue weighted by atomic mass is 9.79. The largest absolute Gasteiger partial charge is 0.409 e. The second kappa shape index (κ2) is 17.0. The Hall–Kier alpha value is -0.143. The third-order valence-corrected chi connectivity index (χ3v) is 15.4. The number of likely N-dealkylation sites (N-methyl/N-ethyl adjacent to an activating group) is 1. The summed E-state index contributed by atoms with van der Waals surface area (Å²) in [6.45, 7) is 27.0. The van der Waals surface area contributed by atoms with Gasteiger partial charge in [-0.1, -0.05) is 48.5 Å². The Bertz CT molecular complexity index is 865. The van der Waals surface area contributed by atoms with Crippen molar-refractivity contribution in [1.29, 1.82) is 0 Å². The summed E-state index contributed by atoms with van der Waals surface area (Å²) in [6, 6.07) is 0.102. The highest BCUT2D eigenvalue weighted by Gasteiger charge is 2.49. The molecule has 270 valence electrons. The van der Waals surface area contributed by atoms with Crippen LogP contribution in [0.3, 0.4) is 0 Å². The van der Waals surface area contributed by atoms with Crippen molar-refractivity contribution < 1.29 is 34.3 Å². The van der Waals surface area contributed by atoms with Gasteiger partial charge in [0.15, 0.2) is 14.6 Å². The van der Waals surface area contributed by atoms with Gasteiger partial charge in [-0.05, 0) is 98.6 Å². The Morgan fingerprint density at radius 2 is 1.47 bits per heavy atom. The van der Waals surface area contributed by atoms with Crippen molar-refractivity contribution in [2.24, 2.45) is 11.8 Å². The van der Waals surface area contributed by atoms with Crippen LogP contribution >= 0.6 is 0 Å². The van der Waals surface area contributed by atoms with Gasteiger partial charge in [-0.2, -0.15) is 0 Å².